The summed E-state index contributed by atoms with van der Waals surface area (Å²) in [7, 11) is 0. The van der Waals surface area contributed by atoms with Gasteiger partial charge in [0.05, 0.1) is 22.8 Å². The zero-order valence-electron chi connectivity index (χ0n) is 12.8. The van der Waals surface area contributed by atoms with Crippen molar-refractivity contribution >= 4 is 31.9 Å². The molecule has 0 aliphatic carbocycles. The van der Waals surface area contributed by atoms with Crippen molar-refractivity contribution < 1.29 is 0 Å². The topological polar surface area (TPSA) is 25.8 Å². The highest BCUT2D eigenvalue weighted by atomic mass is 79.9. The molecule has 0 unspecified atom stereocenters. The second-order valence-corrected chi connectivity index (χ2v) is 6.46. The van der Waals surface area contributed by atoms with Crippen LogP contribution in [-0.4, -0.2) is 9.97 Å². The molecule has 2 heterocycles. The van der Waals surface area contributed by atoms with Crippen molar-refractivity contribution in [3.63, 3.8) is 0 Å². The number of rotatable bonds is 4. The van der Waals surface area contributed by atoms with Gasteiger partial charge in [0.1, 0.15) is 0 Å². The molecule has 2 nitrogen and oxygen atoms in total. The Kier molecular flexibility index (Phi) is 5.23. The molecular formula is C19H16Br2N2. The second kappa shape index (κ2) is 7.37. The summed E-state index contributed by atoms with van der Waals surface area (Å²) in [5.74, 6) is 0. The molecule has 0 N–H and O–H groups in total. The summed E-state index contributed by atoms with van der Waals surface area (Å²) in [6, 6.07) is 18.7. The highest BCUT2D eigenvalue weighted by Gasteiger charge is 2.09. The van der Waals surface area contributed by atoms with Crippen LogP contribution in [0.5, 0.6) is 0 Å². The first-order valence-corrected chi connectivity index (χ1v) is 9.61. The first kappa shape index (κ1) is 16.3. The predicted octanol–water partition coefficient (Wildman–Crippen LogP) is 5.91. The fourth-order valence-corrected chi connectivity index (χ4v) is 3.18. The molecular weight excluding hydrogens is 416 g/mol. The molecule has 0 fully saturated rings. The Morgan fingerprint density at radius 1 is 0.783 bits per heavy atom. The van der Waals surface area contributed by atoms with E-state index in [-0.39, 0.29) is 0 Å². The minimum Gasteiger partial charge on any atom is -0.250 e. The molecule has 0 amide bonds. The average molecular weight is 432 g/mol. The van der Waals surface area contributed by atoms with E-state index in [1.165, 1.54) is 11.1 Å². The van der Waals surface area contributed by atoms with E-state index < -0.39 is 0 Å². The minimum atomic E-state index is 0.711. The van der Waals surface area contributed by atoms with E-state index in [0.717, 1.165) is 33.7 Å². The Morgan fingerprint density at radius 3 is 2.22 bits per heavy atom. The smallest absolute Gasteiger partial charge is 0.0890 e. The molecule has 116 valence electrons. The molecule has 3 rings (SSSR count). The van der Waals surface area contributed by atoms with Crippen molar-refractivity contribution in [2.45, 2.75) is 17.6 Å². The summed E-state index contributed by atoms with van der Waals surface area (Å²) < 4.78 is 0. The van der Waals surface area contributed by atoms with E-state index in [0.29, 0.717) is 5.33 Å². The van der Waals surface area contributed by atoms with Gasteiger partial charge < -0.3 is 0 Å². The molecule has 0 aliphatic rings. The number of nitrogens with zero attached hydrogens (tertiary/aromatic N) is 2. The zero-order valence-corrected chi connectivity index (χ0v) is 15.9. The Balaban J connectivity index is 2.04. The van der Waals surface area contributed by atoms with Gasteiger partial charge in [-0.2, -0.15) is 0 Å². The Hall–Kier alpha value is -1.52. The van der Waals surface area contributed by atoms with E-state index >= 15 is 0 Å². The van der Waals surface area contributed by atoms with Crippen molar-refractivity contribution in [1.82, 2.24) is 9.97 Å². The van der Waals surface area contributed by atoms with Gasteiger partial charge in [-0.3, -0.25) is 4.98 Å². The molecule has 23 heavy (non-hydrogen) atoms. The van der Waals surface area contributed by atoms with Crippen molar-refractivity contribution in [1.29, 1.82) is 0 Å². The first-order valence-electron chi connectivity index (χ1n) is 7.36. The molecule has 4 heteroatoms. The Bertz CT molecular complexity index is 814. The fraction of sp³-hybridized carbons (Fsp3) is 0.158. The third-order valence-electron chi connectivity index (χ3n) is 3.67. The van der Waals surface area contributed by atoms with E-state index in [2.05, 4.69) is 74.1 Å². The molecule has 0 bridgehead atoms. The summed E-state index contributed by atoms with van der Waals surface area (Å²) in [6.45, 7) is 2.10. The Morgan fingerprint density at radius 2 is 1.52 bits per heavy atom. The van der Waals surface area contributed by atoms with E-state index in [1.54, 1.807) is 0 Å². The van der Waals surface area contributed by atoms with Crippen molar-refractivity contribution in [2.24, 2.45) is 0 Å². The van der Waals surface area contributed by atoms with E-state index in [4.69, 9.17) is 4.98 Å². The van der Waals surface area contributed by atoms with Crippen LogP contribution in [0.2, 0.25) is 0 Å². The second-order valence-electron chi connectivity index (χ2n) is 5.34. The molecule has 0 atom stereocenters. The number of hydrogen-bond acceptors (Lipinski definition) is 2. The number of aromatic nitrogens is 2. The number of halogens is 2. The highest BCUT2D eigenvalue weighted by molar-refractivity contribution is 9.08. The van der Waals surface area contributed by atoms with E-state index in [1.807, 2.05) is 24.3 Å². The summed E-state index contributed by atoms with van der Waals surface area (Å²) in [5.41, 5.74) is 7.44. The molecule has 0 spiro atoms. The molecule has 0 saturated heterocycles. The largest absolute Gasteiger partial charge is 0.250 e. The third kappa shape index (κ3) is 3.70. The monoisotopic (exact) mass is 430 g/mol. The number of aryl methyl sites for hydroxylation is 1. The van der Waals surface area contributed by atoms with Gasteiger partial charge in [-0.1, -0.05) is 73.8 Å². The lowest BCUT2D eigenvalue weighted by Crippen LogP contribution is -1.96. The standard InChI is InChI=1S/C19H16Br2N2/c1-13-5-7-14(8-6-13)16-9-10-18(23-19(16)12-21)17-4-2-3-15(11-20)22-17/h2-10H,11-12H2,1H3. The van der Waals surface area contributed by atoms with Crippen molar-refractivity contribution in [2.75, 3.05) is 0 Å². The van der Waals surface area contributed by atoms with Crippen LogP contribution in [0.1, 0.15) is 17.0 Å². The number of benzene rings is 1. The minimum absolute atomic E-state index is 0.711. The zero-order chi connectivity index (χ0) is 16.2. The maximum Gasteiger partial charge on any atom is 0.0890 e. The van der Waals surface area contributed by atoms with Crippen LogP contribution >= 0.6 is 31.9 Å². The van der Waals surface area contributed by atoms with Crippen LogP contribution in [0, 0.1) is 6.92 Å². The molecule has 3 aromatic rings. The van der Waals surface area contributed by atoms with Gasteiger partial charge in [0.25, 0.3) is 0 Å². The van der Waals surface area contributed by atoms with Gasteiger partial charge in [-0.15, -0.1) is 0 Å². The molecule has 0 radical (unpaired) electrons. The lowest BCUT2D eigenvalue weighted by atomic mass is 10.0. The van der Waals surface area contributed by atoms with Crippen molar-refractivity contribution in [3.05, 3.63) is 71.5 Å². The SMILES string of the molecule is Cc1ccc(-c2ccc(-c3cccc(CBr)n3)nc2CBr)cc1. The van der Waals surface area contributed by atoms with Crippen molar-refractivity contribution in [3.8, 4) is 22.5 Å². The molecule has 0 aliphatic heterocycles. The highest BCUT2D eigenvalue weighted by Crippen LogP contribution is 2.27. The lowest BCUT2D eigenvalue weighted by Gasteiger charge is -2.10. The van der Waals surface area contributed by atoms with Crippen LogP contribution in [-0.2, 0) is 10.7 Å². The van der Waals surface area contributed by atoms with Gasteiger partial charge in [0.2, 0.25) is 0 Å². The van der Waals surface area contributed by atoms with Gasteiger partial charge in [-0.25, -0.2) is 4.98 Å². The summed E-state index contributed by atoms with van der Waals surface area (Å²) in [6.07, 6.45) is 0. The maximum atomic E-state index is 4.81. The number of hydrogen-bond donors (Lipinski definition) is 0. The predicted molar refractivity (Wildman–Crippen MR) is 103 cm³/mol. The quantitative estimate of drug-likeness (QED) is 0.480. The van der Waals surface area contributed by atoms with Crippen LogP contribution in [0.15, 0.2) is 54.6 Å². The average Bonchev–Trinajstić information content (AvgIpc) is 2.62. The summed E-state index contributed by atoms with van der Waals surface area (Å²) in [4.78, 5) is 9.44. The van der Waals surface area contributed by atoms with E-state index in [9.17, 15) is 0 Å². The van der Waals surface area contributed by atoms with Crippen LogP contribution in [0.4, 0.5) is 0 Å². The van der Waals surface area contributed by atoms with Gasteiger partial charge in [0.15, 0.2) is 0 Å². The maximum absolute atomic E-state index is 4.81. The van der Waals surface area contributed by atoms with Crippen LogP contribution in [0.25, 0.3) is 22.5 Å². The lowest BCUT2D eigenvalue weighted by molar-refractivity contribution is 1.13. The number of alkyl halides is 2. The number of pyridine rings is 2. The van der Waals surface area contributed by atoms with Gasteiger partial charge >= 0.3 is 0 Å². The Labute approximate surface area is 153 Å². The fourth-order valence-electron chi connectivity index (χ4n) is 2.44. The summed E-state index contributed by atoms with van der Waals surface area (Å²) in [5, 5.41) is 1.45. The molecule has 2 aromatic heterocycles. The molecule has 0 saturated carbocycles. The molecule has 1 aromatic carbocycles. The van der Waals surface area contributed by atoms with Crippen LogP contribution < -0.4 is 0 Å². The first-order chi connectivity index (χ1) is 11.2. The van der Waals surface area contributed by atoms with Gasteiger partial charge in [0, 0.05) is 16.2 Å². The van der Waals surface area contributed by atoms with Crippen LogP contribution in [0.3, 0.4) is 0 Å². The normalized spacial score (nSPS) is 10.7. The van der Waals surface area contributed by atoms with Gasteiger partial charge in [-0.05, 0) is 30.7 Å². The third-order valence-corrected chi connectivity index (χ3v) is 4.78. The summed E-state index contributed by atoms with van der Waals surface area (Å²) >= 11 is 7.01.